The molecule has 2 atom stereocenters. The average Bonchev–Trinajstić information content (AvgIpc) is 3.18. The van der Waals surface area contributed by atoms with Crippen LogP contribution in [0.1, 0.15) is 50.0 Å². The van der Waals surface area contributed by atoms with E-state index in [1.54, 1.807) is 0 Å². The summed E-state index contributed by atoms with van der Waals surface area (Å²) >= 11 is 0. The molecule has 0 spiro atoms. The molecule has 0 bridgehead atoms. The molecule has 2 aliphatic rings. The number of ether oxygens (including phenoxy) is 1. The van der Waals surface area contributed by atoms with Crippen molar-refractivity contribution in [2.45, 2.75) is 51.2 Å². The first-order valence-corrected chi connectivity index (χ1v) is 7.65. The van der Waals surface area contributed by atoms with Crippen LogP contribution in [-0.4, -0.2) is 29.0 Å². The van der Waals surface area contributed by atoms with E-state index in [1.165, 1.54) is 36.9 Å². The van der Waals surface area contributed by atoms with Crippen molar-refractivity contribution < 1.29 is 4.74 Å². The first-order valence-electron chi connectivity index (χ1n) is 7.65. The normalized spacial score (nSPS) is 27.7. The van der Waals surface area contributed by atoms with Crippen molar-refractivity contribution in [1.82, 2.24) is 15.1 Å². The van der Waals surface area contributed by atoms with Crippen LogP contribution in [-0.2, 0) is 18.2 Å². The topological polar surface area (TPSA) is 39.1 Å². The van der Waals surface area contributed by atoms with Crippen molar-refractivity contribution in [3.05, 3.63) is 17.5 Å². The first kappa shape index (κ1) is 13.1. The quantitative estimate of drug-likeness (QED) is 0.885. The Bertz CT molecular complexity index is 425. The summed E-state index contributed by atoms with van der Waals surface area (Å²) < 4.78 is 8.02. The van der Waals surface area contributed by atoms with Gasteiger partial charge in [0.05, 0.1) is 11.8 Å². The highest BCUT2D eigenvalue weighted by Gasteiger charge is 2.31. The van der Waals surface area contributed by atoms with Gasteiger partial charge in [0.2, 0.25) is 0 Å². The van der Waals surface area contributed by atoms with Crippen LogP contribution in [0.5, 0.6) is 0 Å². The minimum absolute atomic E-state index is 0.239. The Morgan fingerprint density at radius 1 is 1.42 bits per heavy atom. The zero-order chi connectivity index (χ0) is 13.2. The van der Waals surface area contributed by atoms with E-state index < -0.39 is 0 Å². The third-order valence-corrected chi connectivity index (χ3v) is 4.27. The highest BCUT2D eigenvalue weighted by molar-refractivity contribution is 5.21. The maximum Gasteiger partial charge on any atom is 0.0898 e. The molecule has 106 valence electrons. The van der Waals surface area contributed by atoms with Crippen LogP contribution < -0.4 is 5.32 Å². The van der Waals surface area contributed by atoms with E-state index in [0.29, 0.717) is 5.92 Å². The van der Waals surface area contributed by atoms with Crippen LogP contribution in [0.15, 0.2) is 6.20 Å². The van der Waals surface area contributed by atoms with Crippen molar-refractivity contribution >= 4 is 0 Å². The second-order valence-corrected chi connectivity index (χ2v) is 5.93. The molecule has 0 amide bonds. The second kappa shape index (κ2) is 5.63. The van der Waals surface area contributed by atoms with Crippen molar-refractivity contribution in [2.24, 2.45) is 13.0 Å². The Morgan fingerprint density at radius 2 is 2.26 bits per heavy atom. The van der Waals surface area contributed by atoms with Crippen molar-refractivity contribution in [3.63, 3.8) is 0 Å². The predicted octanol–water partition coefficient (Wildman–Crippen LogP) is 2.20. The van der Waals surface area contributed by atoms with E-state index in [2.05, 4.69) is 23.5 Å². The smallest absolute Gasteiger partial charge is 0.0898 e. The summed E-state index contributed by atoms with van der Waals surface area (Å²) in [6.07, 6.45) is 8.54. The second-order valence-electron chi connectivity index (χ2n) is 5.93. The predicted molar refractivity (Wildman–Crippen MR) is 75.0 cm³/mol. The van der Waals surface area contributed by atoms with Crippen molar-refractivity contribution in [1.29, 1.82) is 0 Å². The largest absolute Gasteiger partial charge is 0.373 e. The molecular formula is C15H25N3O. The Morgan fingerprint density at radius 3 is 3.00 bits per heavy atom. The standard InChI is InChI=1S/C15H25N3O/c1-3-14-13(10-18(2)17-14)15-11(5-4-8-19-15)9-16-12-6-7-12/h10-12,15-16H,3-9H2,1-2H3. The zero-order valence-corrected chi connectivity index (χ0v) is 12.1. The minimum atomic E-state index is 0.239. The van der Waals surface area contributed by atoms with Gasteiger partial charge in [-0.3, -0.25) is 4.68 Å². The summed E-state index contributed by atoms with van der Waals surface area (Å²) in [5.74, 6) is 0.601. The maximum atomic E-state index is 6.09. The van der Waals surface area contributed by atoms with Gasteiger partial charge >= 0.3 is 0 Å². The molecule has 19 heavy (non-hydrogen) atoms. The fourth-order valence-electron chi connectivity index (χ4n) is 3.07. The van der Waals surface area contributed by atoms with Crippen LogP contribution in [0.4, 0.5) is 0 Å². The van der Waals surface area contributed by atoms with Gasteiger partial charge in [0.1, 0.15) is 0 Å². The van der Waals surface area contributed by atoms with Gasteiger partial charge in [0.15, 0.2) is 0 Å². The third-order valence-electron chi connectivity index (χ3n) is 4.27. The molecule has 0 aromatic carbocycles. The molecule has 1 aliphatic heterocycles. The number of aryl methyl sites for hydroxylation is 2. The summed E-state index contributed by atoms with van der Waals surface area (Å²) in [6, 6.07) is 0.780. The molecular weight excluding hydrogens is 238 g/mol. The lowest BCUT2D eigenvalue weighted by Gasteiger charge is -2.32. The number of rotatable bonds is 5. The molecule has 1 aromatic heterocycles. The molecule has 0 radical (unpaired) electrons. The van der Waals surface area contributed by atoms with E-state index in [9.17, 15) is 0 Å². The monoisotopic (exact) mass is 263 g/mol. The third kappa shape index (κ3) is 3.00. The van der Waals surface area contributed by atoms with E-state index in [4.69, 9.17) is 4.74 Å². The van der Waals surface area contributed by atoms with Gasteiger partial charge in [-0.2, -0.15) is 5.10 Å². The summed E-state index contributed by atoms with van der Waals surface area (Å²) in [6.45, 7) is 4.15. The number of nitrogens with zero attached hydrogens (tertiary/aromatic N) is 2. The van der Waals surface area contributed by atoms with E-state index in [0.717, 1.165) is 25.6 Å². The molecule has 1 aliphatic carbocycles. The Kier molecular flexibility index (Phi) is 3.89. The van der Waals surface area contributed by atoms with Crippen LogP contribution in [0.3, 0.4) is 0 Å². The van der Waals surface area contributed by atoms with Gasteiger partial charge < -0.3 is 10.1 Å². The van der Waals surface area contributed by atoms with Crippen molar-refractivity contribution in [3.8, 4) is 0 Å². The highest BCUT2D eigenvalue weighted by atomic mass is 16.5. The summed E-state index contributed by atoms with van der Waals surface area (Å²) in [7, 11) is 2.00. The lowest BCUT2D eigenvalue weighted by Crippen LogP contribution is -2.33. The molecule has 1 N–H and O–H groups in total. The van der Waals surface area contributed by atoms with E-state index >= 15 is 0 Å². The molecule has 1 aromatic rings. The molecule has 2 unspecified atom stereocenters. The summed E-state index contributed by atoms with van der Waals surface area (Å²) in [5.41, 5.74) is 2.51. The number of hydrogen-bond acceptors (Lipinski definition) is 3. The average molecular weight is 263 g/mol. The highest BCUT2D eigenvalue weighted by Crippen LogP contribution is 2.35. The van der Waals surface area contributed by atoms with Gasteiger partial charge in [-0.15, -0.1) is 0 Å². The van der Waals surface area contributed by atoms with Crippen molar-refractivity contribution in [2.75, 3.05) is 13.2 Å². The van der Waals surface area contributed by atoms with Gasteiger partial charge in [0.25, 0.3) is 0 Å². The lowest BCUT2D eigenvalue weighted by atomic mass is 9.89. The van der Waals surface area contributed by atoms with Gasteiger partial charge in [-0.05, 0) is 32.1 Å². The minimum Gasteiger partial charge on any atom is -0.373 e. The fraction of sp³-hybridized carbons (Fsp3) is 0.800. The number of nitrogens with one attached hydrogen (secondary N) is 1. The van der Waals surface area contributed by atoms with E-state index in [1.807, 2.05) is 11.7 Å². The van der Waals surface area contributed by atoms with E-state index in [-0.39, 0.29) is 6.10 Å². The van der Waals surface area contributed by atoms with Gasteiger partial charge in [-0.25, -0.2) is 0 Å². The number of hydrogen-bond donors (Lipinski definition) is 1. The lowest BCUT2D eigenvalue weighted by molar-refractivity contribution is -0.0283. The molecule has 3 rings (SSSR count). The number of aromatic nitrogens is 2. The molecule has 1 saturated heterocycles. The SMILES string of the molecule is CCc1nn(C)cc1C1OCCCC1CNC1CC1. The fourth-order valence-corrected chi connectivity index (χ4v) is 3.07. The van der Waals surface area contributed by atoms with Crippen LogP contribution in [0.25, 0.3) is 0 Å². The Labute approximate surface area is 115 Å². The van der Waals surface area contributed by atoms with Crippen LogP contribution >= 0.6 is 0 Å². The first-order chi connectivity index (χ1) is 9.28. The Hall–Kier alpha value is -0.870. The zero-order valence-electron chi connectivity index (χ0n) is 12.1. The molecule has 4 heteroatoms. The Balaban J connectivity index is 1.73. The summed E-state index contributed by atoms with van der Waals surface area (Å²) in [5, 5.41) is 8.23. The molecule has 4 nitrogen and oxygen atoms in total. The summed E-state index contributed by atoms with van der Waals surface area (Å²) in [4.78, 5) is 0. The van der Waals surface area contributed by atoms with Crippen LogP contribution in [0, 0.1) is 5.92 Å². The van der Waals surface area contributed by atoms with Gasteiger partial charge in [-0.1, -0.05) is 6.92 Å². The van der Waals surface area contributed by atoms with Crippen LogP contribution in [0.2, 0.25) is 0 Å². The molecule has 2 heterocycles. The van der Waals surface area contributed by atoms with Gasteiger partial charge in [0, 0.05) is 43.9 Å². The molecule has 2 fully saturated rings. The maximum absolute atomic E-state index is 6.09. The molecule has 1 saturated carbocycles.